The Hall–Kier alpha value is -0.0400. The van der Waals surface area contributed by atoms with E-state index >= 15 is 0 Å². The fourth-order valence-corrected chi connectivity index (χ4v) is 2.81. The molecule has 1 aliphatic heterocycles. The lowest BCUT2D eigenvalue weighted by Gasteiger charge is -2.34. The summed E-state index contributed by atoms with van der Waals surface area (Å²) in [5, 5.41) is 0. The molecule has 0 atom stereocenters. The van der Waals surface area contributed by atoms with Crippen molar-refractivity contribution in [3.05, 3.63) is 0 Å². The normalized spacial score (nSPS) is 16.4. The van der Waals surface area contributed by atoms with Crippen molar-refractivity contribution in [2.75, 3.05) is 13.2 Å². The molecule has 0 aromatic heterocycles. The second-order valence-corrected chi connectivity index (χ2v) is 5.76. The van der Waals surface area contributed by atoms with E-state index < -0.39 is 0 Å². The van der Waals surface area contributed by atoms with Crippen molar-refractivity contribution >= 4 is 0 Å². The molecule has 0 aromatic rings. The first kappa shape index (κ1) is 15.0. The van der Waals surface area contributed by atoms with Gasteiger partial charge in [-0.05, 0) is 5.92 Å². The van der Waals surface area contributed by atoms with E-state index in [1.165, 1.54) is 64.2 Å². The predicted molar refractivity (Wildman–Crippen MR) is 75.3 cm³/mol. The van der Waals surface area contributed by atoms with Gasteiger partial charge in [-0.1, -0.05) is 78.1 Å². The Bertz CT molecular complexity index is 151. The van der Waals surface area contributed by atoms with Crippen LogP contribution in [0.25, 0.3) is 0 Å². The number of unbranched alkanes of at least 4 members (excludes halogenated alkanes) is 6. The SMILES string of the molecule is CCCCCCC(CCCCCC)C1COC1. The van der Waals surface area contributed by atoms with Crippen LogP contribution in [0.1, 0.15) is 78.1 Å². The van der Waals surface area contributed by atoms with Crippen LogP contribution in [0.4, 0.5) is 0 Å². The van der Waals surface area contributed by atoms with Gasteiger partial charge in [0.25, 0.3) is 0 Å². The second-order valence-electron chi connectivity index (χ2n) is 5.76. The molecule has 0 bridgehead atoms. The van der Waals surface area contributed by atoms with Gasteiger partial charge in [0, 0.05) is 5.92 Å². The van der Waals surface area contributed by atoms with Crippen molar-refractivity contribution in [1.82, 2.24) is 0 Å². The maximum Gasteiger partial charge on any atom is 0.0519 e. The minimum Gasteiger partial charge on any atom is -0.381 e. The summed E-state index contributed by atoms with van der Waals surface area (Å²) in [5.41, 5.74) is 0. The molecule has 0 amide bonds. The summed E-state index contributed by atoms with van der Waals surface area (Å²) < 4.78 is 5.37. The molecule has 0 saturated carbocycles. The molecule has 1 aliphatic rings. The average Bonchev–Trinajstić information content (AvgIpc) is 2.27. The van der Waals surface area contributed by atoms with Crippen LogP contribution in [0.3, 0.4) is 0 Å². The molecule has 102 valence electrons. The van der Waals surface area contributed by atoms with Gasteiger partial charge in [0.05, 0.1) is 13.2 Å². The number of hydrogen-bond donors (Lipinski definition) is 0. The third-order valence-corrected chi connectivity index (χ3v) is 4.19. The van der Waals surface area contributed by atoms with Crippen molar-refractivity contribution in [3.8, 4) is 0 Å². The Labute approximate surface area is 108 Å². The van der Waals surface area contributed by atoms with E-state index in [-0.39, 0.29) is 0 Å². The van der Waals surface area contributed by atoms with E-state index in [9.17, 15) is 0 Å². The highest BCUT2D eigenvalue weighted by Gasteiger charge is 2.27. The topological polar surface area (TPSA) is 9.23 Å². The van der Waals surface area contributed by atoms with Crippen LogP contribution in [-0.4, -0.2) is 13.2 Å². The lowest BCUT2D eigenvalue weighted by Crippen LogP contribution is -2.34. The van der Waals surface area contributed by atoms with E-state index in [1.54, 1.807) is 0 Å². The standard InChI is InChI=1S/C16H32O/c1-3-5-7-9-11-15(16-13-17-14-16)12-10-8-6-4-2/h15-16H,3-14H2,1-2H3. The Morgan fingerprint density at radius 3 is 1.71 bits per heavy atom. The summed E-state index contributed by atoms with van der Waals surface area (Å²) in [7, 11) is 0. The third-order valence-electron chi connectivity index (χ3n) is 4.19. The molecule has 1 heterocycles. The van der Waals surface area contributed by atoms with Crippen LogP contribution in [0.15, 0.2) is 0 Å². The number of ether oxygens (including phenoxy) is 1. The summed E-state index contributed by atoms with van der Waals surface area (Å²) >= 11 is 0. The van der Waals surface area contributed by atoms with Gasteiger partial charge in [-0.15, -0.1) is 0 Å². The van der Waals surface area contributed by atoms with Gasteiger partial charge in [-0.3, -0.25) is 0 Å². The van der Waals surface area contributed by atoms with Crippen LogP contribution < -0.4 is 0 Å². The monoisotopic (exact) mass is 240 g/mol. The van der Waals surface area contributed by atoms with Gasteiger partial charge in [0.1, 0.15) is 0 Å². The molecule has 0 N–H and O–H groups in total. The van der Waals surface area contributed by atoms with Gasteiger partial charge >= 0.3 is 0 Å². The molecular weight excluding hydrogens is 208 g/mol. The molecule has 0 aromatic carbocycles. The fraction of sp³-hybridized carbons (Fsp3) is 1.00. The van der Waals surface area contributed by atoms with Crippen molar-refractivity contribution in [2.24, 2.45) is 11.8 Å². The molecule has 1 rings (SSSR count). The van der Waals surface area contributed by atoms with Gasteiger partial charge in [-0.25, -0.2) is 0 Å². The van der Waals surface area contributed by atoms with Gasteiger partial charge < -0.3 is 4.74 Å². The van der Waals surface area contributed by atoms with Crippen LogP contribution in [0, 0.1) is 11.8 Å². The molecule has 1 heteroatoms. The maximum atomic E-state index is 5.37. The van der Waals surface area contributed by atoms with Crippen molar-refractivity contribution in [2.45, 2.75) is 78.1 Å². The molecule has 1 nitrogen and oxygen atoms in total. The minimum atomic E-state index is 0.901. The first-order valence-corrected chi connectivity index (χ1v) is 7.96. The summed E-state index contributed by atoms with van der Waals surface area (Å²) in [6.45, 7) is 6.68. The maximum absolute atomic E-state index is 5.37. The fourth-order valence-electron chi connectivity index (χ4n) is 2.81. The van der Waals surface area contributed by atoms with Crippen molar-refractivity contribution in [3.63, 3.8) is 0 Å². The van der Waals surface area contributed by atoms with Gasteiger partial charge in [0.2, 0.25) is 0 Å². The first-order chi connectivity index (χ1) is 8.38. The first-order valence-electron chi connectivity index (χ1n) is 7.96. The lowest BCUT2D eigenvalue weighted by atomic mass is 9.82. The zero-order chi connectivity index (χ0) is 12.3. The van der Waals surface area contributed by atoms with Crippen LogP contribution in [0.2, 0.25) is 0 Å². The highest BCUT2D eigenvalue weighted by atomic mass is 16.5. The van der Waals surface area contributed by atoms with E-state index in [1.807, 2.05) is 0 Å². The summed E-state index contributed by atoms with van der Waals surface area (Å²) in [6, 6.07) is 0. The number of rotatable bonds is 11. The van der Waals surface area contributed by atoms with Crippen LogP contribution >= 0.6 is 0 Å². The Morgan fingerprint density at radius 2 is 1.35 bits per heavy atom. The smallest absolute Gasteiger partial charge is 0.0519 e. The average molecular weight is 240 g/mol. The van der Waals surface area contributed by atoms with Crippen molar-refractivity contribution in [1.29, 1.82) is 0 Å². The number of hydrogen-bond acceptors (Lipinski definition) is 1. The molecule has 0 aliphatic carbocycles. The largest absolute Gasteiger partial charge is 0.381 e. The van der Waals surface area contributed by atoms with Crippen LogP contribution in [0.5, 0.6) is 0 Å². The summed E-state index contributed by atoms with van der Waals surface area (Å²) in [5.74, 6) is 1.87. The lowest BCUT2D eigenvalue weighted by molar-refractivity contribution is -0.0647. The molecule has 0 unspecified atom stereocenters. The molecule has 0 spiro atoms. The quantitative estimate of drug-likeness (QED) is 0.452. The Balaban J connectivity index is 2.09. The highest BCUT2D eigenvalue weighted by molar-refractivity contribution is 4.75. The molecule has 1 fully saturated rings. The van der Waals surface area contributed by atoms with E-state index in [0.717, 1.165) is 25.0 Å². The van der Waals surface area contributed by atoms with Gasteiger partial charge in [0.15, 0.2) is 0 Å². The summed E-state index contributed by atoms with van der Waals surface area (Å²) in [6.07, 6.45) is 14.2. The van der Waals surface area contributed by atoms with Gasteiger partial charge in [-0.2, -0.15) is 0 Å². The zero-order valence-corrected chi connectivity index (χ0v) is 12.0. The molecular formula is C16H32O. The second kappa shape index (κ2) is 9.94. The zero-order valence-electron chi connectivity index (χ0n) is 12.0. The molecule has 17 heavy (non-hydrogen) atoms. The van der Waals surface area contributed by atoms with E-state index in [4.69, 9.17) is 4.74 Å². The highest BCUT2D eigenvalue weighted by Crippen LogP contribution is 2.30. The summed E-state index contributed by atoms with van der Waals surface area (Å²) in [4.78, 5) is 0. The Kier molecular flexibility index (Phi) is 8.78. The predicted octanol–water partition coefficient (Wildman–Crippen LogP) is 5.19. The molecule has 0 radical (unpaired) electrons. The van der Waals surface area contributed by atoms with E-state index in [0.29, 0.717) is 0 Å². The molecule has 1 saturated heterocycles. The van der Waals surface area contributed by atoms with Crippen LogP contribution in [-0.2, 0) is 4.74 Å². The minimum absolute atomic E-state index is 0.901. The van der Waals surface area contributed by atoms with E-state index in [2.05, 4.69) is 13.8 Å². The van der Waals surface area contributed by atoms with Crippen molar-refractivity contribution < 1.29 is 4.74 Å². The Morgan fingerprint density at radius 1 is 0.824 bits per heavy atom. The third kappa shape index (κ3) is 6.45.